The Kier molecular flexibility index (Phi) is 5.03. The van der Waals surface area contributed by atoms with Crippen molar-refractivity contribution in [2.24, 2.45) is 28.3 Å². The molecule has 0 atom stereocenters. The number of hydrazone groups is 1. The van der Waals surface area contributed by atoms with Crippen molar-refractivity contribution >= 4 is 17.4 Å². The maximum absolute atomic E-state index is 13.5. The number of aryl methyl sites for hydroxylation is 1. The molecule has 0 aromatic heterocycles. The van der Waals surface area contributed by atoms with Crippen LogP contribution in [0.3, 0.4) is 0 Å². The molecule has 4 bridgehead atoms. The number of carbonyl (C=O) groups excluding carboxylic acids is 2. The van der Waals surface area contributed by atoms with Gasteiger partial charge in [0.2, 0.25) is 0 Å². The molecule has 0 heterocycles. The zero-order chi connectivity index (χ0) is 20.8. The van der Waals surface area contributed by atoms with E-state index in [-0.39, 0.29) is 11.3 Å². The zero-order valence-electron chi connectivity index (χ0n) is 16.4. The van der Waals surface area contributed by atoms with Crippen molar-refractivity contribution in [3.05, 3.63) is 35.4 Å². The predicted octanol–water partition coefficient (Wildman–Crippen LogP) is 4.82. The third-order valence-corrected chi connectivity index (χ3v) is 6.89. The molecule has 1 aromatic carbocycles. The first-order chi connectivity index (χ1) is 13.6. The fourth-order valence-electron chi connectivity index (χ4n) is 5.88. The number of rotatable bonds is 5. The van der Waals surface area contributed by atoms with Crippen LogP contribution in [-0.2, 0) is 4.79 Å². The van der Waals surface area contributed by atoms with Gasteiger partial charge in [-0.2, -0.15) is 18.3 Å². The molecule has 4 aliphatic carbocycles. The Morgan fingerprint density at radius 3 is 2.03 bits per heavy atom. The lowest BCUT2D eigenvalue weighted by atomic mass is 9.48. The highest BCUT2D eigenvalue weighted by molar-refractivity contribution is 6.07. The number of hydrogen-bond donors (Lipinski definition) is 1. The van der Waals surface area contributed by atoms with Crippen LogP contribution in [0.5, 0.6) is 0 Å². The first kappa shape index (κ1) is 20.1. The van der Waals surface area contributed by atoms with Gasteiger partial charge in [0, 0.05) is 11.0 Å². The second kappa shape index (κ2) is 7.26. The number of ketones is 1. The van der Waals surface area contributed by atoms with Gasteiger partial charge in [0.15, 0.2) is 0 Å². The van der Waals surface area contributed by atoms with Gasteiger partial charge < -0.3 is 0 Å². The summed E-state index contributed by atoms with van der Waals surface area (Å²) in [5.41, 5.74) is 1.28. The average molecular weight is 406 g/mol. The van der Waals surface area contributed by atoms with Gasteiger partial charge in [0.1, 0.15) is 11.5 Å². The minimum Gasteiger partial charge on any atom is -0.299 e. The van der Waals surface area contributed by atoms with Crippen LogP contribution in [-0.4, -0.2) is 23.6 Å². The fourth-order valence-corrected chi connectivity index (χ4v) is 5.88. The molecular formula is C22H25F3N2O2. The number of carbonyl (C=O) groups is 2. The Labute approximate surface area is 167 Å². The highest BCUT2D eigenvalue weighted by Gasteiger charge is 2.55. The second-order valence-electron chi connectivity index (χ2n) is 9.16. The van der Waals surface area contributed by atoms with Crippen LogP contribution >= 0.6 is 0 Å². The van der Waals surface area contributed by atoms with E-state index >= 15 is 0 Å². The van der Waals surface area contributed by atoms with Crippen LogP contribution < -0.4 is 5.43 Å². The van der Waals surface area contributed by atoms with Crippen LogP contribution in [0, 0.1) is 30.1 Å². The lowest BCUT2D eigenvalue weighted by Gasteiger charge is -2.56. The van der Waals surface area contributed by atoms with E-state index in [1.165, 1.54) is 12.1 Å². The summed E-state index contributed by atoms with van der Waals surface area (Å²) in [6, 6.07) is 6.43. The monoisotopic (exact) mass is 406 g/mol. The van der Waals surface area contributed by atoms with Crippen LogP contribution in [0.25, 0.3) is 0 Å². The molecule has 5 rings (SSSR count). The van der Waals surface area contributed by atoms with Crippen molar-refractivity contribution in [3.8, 4) is 0 Å². The van der Waals surface area contributed by atoms with Gasteiger partial charge in [-0.3, -0.25) is 9.59 Å². The third kappa shape index (κ3) is 4.09. The molecule has 0 unspecified atom stereocenters. The molecule has 4 saturated carbocycles. The van der Waals surface area contributed by atoms with Crippen LogP contribution in [0.4, 0.5) is 13.2 Å². The molecule has 29 heavy (non-hydrogen) atoms. The molecule has 1 amide bonds. The summed E-state index contributed by atoms with van der Waals surface area (Å²) in [4.78, 5) is 25.1. The van der Waals surface area contributed by atoms with E-state index in [2.05, 4.69) is 5.10 Å². The largest absolute Gasteiger partial charge is 0.431 e. The quantitative estimate of drug-likeness (QED) is 0.563. The summed E-state index contributed by atoms with van der Waals surface area (Å²) < 4.78 is 40.6. The van der Waals surface area contributed by atoms with Gasteiger partial charge in [0.05, 0.1) is 6.42 Å². The number of Topliss-reactive ketones (excluding diaryl/α,β-unsaturated/α-hetero) is 1. The van der Waals surface area contributed by atoms with E-state index in [9.17, 15) is 22.8 Å². The first-order valence-corrected chi connectivity index (χ1v) is 10.2. The van der Waals surface area contributed by atoms with Gasteiger partial charge in [-0.15, -0.1) is 0 Å². The van der Waals surface area contributed by atoms with E-state index in [0.29, 0.717) is 37.0 Å². The van der Waals surface area contributed by atoms with Crippen molar-refractivity contribution in [1.82, 2.24) is 5.43 Å². The first-order valence-electron chi connectivity index (χ1n) is 10.2. The van der Waals surface area contributed by atoms with E-state index in [4.69, 9.17) is 0 Å². The molecule has 0 saturated heterocycles. The summed E-state index contributed by atoms with van der Waals surface area (Å²) in [6.45, 7) is 1.84. The molecule has 4 nitrogen and oxygen atoms in total. The molecule has 0 aliphatic heterocycles. The number of amides is 1. The standard InChI is InChI=1S/C22H25F3N2O2/c1-13-2-4-17(5-3-13)20(29)27-26-18(22(23,24)25)9-19(28)21-10-14-6-15(11-21)8-16(7-14)12-21/h2-5,14-16H,6-12H2,1H3,(H,27,29). The number of nitrogens with zero attached hydrogens (tertiary/aromatic N) is 1. The van der Waals surface area contributed by atoms with Crippen LogP contribution in [0.2, 0.25) is 0 Å². The molecule has 7 heteroatoms. The molecule has 4 aliphatic rings. The van der Waals surface area contributed by atoms with E-state index in [1.807, 2.05) is 12.3 Å². The SMILES string of the molecule is Cc1ccc(C(=O)NN=C(CC(=O)C23CC4CC(CC(C4)C2)C3)C(F)(F)F)cc1. The Bertz CT molecular complexity index is 807. The molecule has 0 spiro atoms. The minimum atomic E-state index is -4.77. The normalized spacial score (nSPS) is 31.0. The average Bonchev–Trinajstić information content (AvgIpc) is 2.63. The van der Waals surface area contributed by atoms with Crippen molar-refractivity contribution in [2.75, 3.05) is 0 Å². The fraction of sp³-hybridized carbons (Fsp3) is 0.591. The van der Waals surface area contributed by atoms with E-state index in [1.54, 1.807) is 12.1 Å². The Hall–Kier alpha value is -2.18. The van der Waals surface area contributed by atoms with Crippen LogP contribution in [0.1, 0.15) is 60.9 Å². The zero-order valence-corrected chi connectivity index (χ0v) is 16.4. The van der Waals surface area contributed by atoms with Crippen molar-refractivity contribution in [2.45, 2.75) is 58.0 Å². The maximum Gasteiger partial charge on any atom is 0.431 e. The lowest BCUT2D eigenvalue weighted by molar-refractivity contribution is -0.143. The predicted molar refractivity (Wildman–Crippen MR) is 102 cm³/mol. The van der Waals surface area contributed by atoms with Gasteiger partial charge in [-0.25, -0.2) is 5.43 Å². The molecular weight excluding hydrogens is 381 g/mol. The maximum atomic E-state index is 13.5. The lowest BCUT2D eigenvalue weighted by Crippen LogP contribution is -2.50. The van der Waals surface area contributed by atoms with Crippen molar-refractivity contribution in [3.63, 3.8) is 0 Å². The number of halogens is 3. The van der Waals surface area contributed by atoms with E-state index < -0.39 is 29.6 Å². The van der Waals surface area contributed by atoms with Gasteiger partial charge in [-0.05, 0) is 75.3 Å². The molecule has 156 valence electrons. The Morgan fingerprint density at radius 2 is 1.55 bits per heavy atom. The molecule has 1 aromatic rings. The van der Waals surface area contributed by atoms with Crippen LogP contribution in [0.15, 0.2) is 29.4 Å². The molecule has 0 radical (unpaired) electrons. The van der Waals surface area contributed by atoms with Gasteiger partial charge in [-0.1, -0.05) is 17.7 Å². The van der Waals surface area contributed by atoms with Gasteiger partial charge >= 0.3 is 6.18 Å². The number of hydrogen-bond acceptors (Lipinski definition) is 3. The number of benzene rings is 1. The molecule has 1 N–H and O–H groups in total. The third-order valence-electron chi connectivity index (χ3n) is 6.89. The second-order valence-corrected chi connectivity index (χ2v) is 9.16. The molecule has 4 fully saturated rings. The minimum absolute atomic E-state index is 0.216. The Morgan fingerprint density at radius 1 is 1.03 bits per heavy atom. The number of nitrogens with one attached hydrogen (secondary N) is 1. The summed E-state index contributed by atoms with van der Waals surface area (Å²) in [7, 11) is 0. The summed E-state index contributed by atoms with van der Waals surface area (Å²) >= 11 is 0. The summed E-state index contributed by atoms with van der Waals surface area (Å²) in [6.07, 6.45) is -0.0868. The van der Waals surface area contributed by atoms with Crippen molar-refractivity contribution in [1.29, 1.82) is 0 Å². The summed E-state index contributed by atoms with van der Waals surface area (Å²) in [5, 5.41) is 3.33. The van der Waals surface area contributed by atoms with Crippen molar-refractivity contribution < 1.29 is 22.8 Å². The highest BCUT2D eigenvalue weighted by Crippen LogP contribution is 2.60. The number of alkyl halides is 3. The topological polar surface area (TPSA) is 58.5 Å². The summed E-state index contributed by atoms with van der Waals surface area (Å²) in [5.74, 6) is 0.319. The van der Waals surface area contributed by atoms with Gasteiger partial charge in [0.25, 0.3) is 5.91 Å². The van der Waals surface area contributed by atoms with E-state index in [0.717, 1.165) is 24.8 Å². The smallest absolute Gasteiger partial charge is 0.299 e. The Balaban J connectivity index is 1.49. The highest BCUT2D eigenvalue weighted by atomic mass is 19.4.